The van der Waals surface area contributed by atoms with E-state index in [4.69, 9.17) is 15.2 Å². The molecule has 96 valence electrons. The van der Waals surface area contributed by atoms with Gasteiger partial charge in [0.05, 0.1) is 18.8 Å². The van der Waals surface area contributed by atoms with Crippen LogP contribution in [-0.4, -0.2) is 19.8 Å². The second-order valence-electron chi connectivity index (χ2n) is 4.06. The van der Waals surface area contributed by atoms with Gasteiger partial charge in [-0.1, -0.05) is 31.5 Å². The molecule has 1 aromatic rings. The summed E-state index contributed by atoms with van der Waals surface area (Å²) in [6, 6.07) is 7.77. The van der Waals surface area contributed by atoms with E-state index < -0.39 is 0 Å². The minimum Gasteiger partial charge on any atom is -0.494 e. The lowest BCUT2D eigenvalue weighted by molar-refractivity contribution is 0.0716. The summed E-state index contributed by atoms with van der Waals surface area (Å²) in [6.07, 6.45) is 2.06. The van der Waals surface area contributed by atoms with Gasteiger partial charge in [0.1, 0.15) is 5.75 Å². The zero-order valence-electron chi connectivity index (χ0n) is 11.0. The second-order valence-corrected chi connectivity index (χ2v) is 4.06. The van der Waals surface area contributed by atoms with E-state index in [1.807, 2.05) is 31.2 Å². The minimum absolute atomic E-state index is 0.0432. The Morgan fingerprint density at radius 2 is 1.94 bits per heavy atom. The summed E-state index contributed by atoms with van der Waals surface area (Å²) in [5.41, 5.74) is 7.28. The third kappa shape index (κ3) is 3.72. The Kier molecular flexibility index (Phi) is 6.01. The van der Waals surface area contributed by atoms with E-state index >= 15 is 0 Å². The molecule has 0 aromatic heterocycles. The van der Waals surface area contributed by atoms with E-state index in [-0.39, 0.29) is 12.1 Å². The highest BCUT2D eigenvalue weighted by atomic mass is 16.5. The molecule has 1 rings (SSSR count). The smallest absolute Gasteiger partial charge is 0.124 e. The fraction of sp³-hybridized carbons (Fsp3) is 0.571. The van der Waals surface area contributed by atoms with Crippen molar-refractivity contribution in [2.24, 2.45) is 5.73 Å². The molecule has 3 heteroatoms. The molecular weight excluding hydrogens is 214 g/mol. The maximum atomic E-state index is 6.26. The highest BCUT2D eigenvalue weighted by molar-refractivity contribution is 5.36. The molecule has 0 bridgehead atoms. The highest BCUT2D eigenvalue weighted by Crippen LogP contribution is 2.28. The number of para-hydroxylation sites is 1. The third-order valence-electron chi connectivity index (χ3n) is 2.85. The summed E-state index contributed by atoms with van der Waals surface area (Å²) in [5, 5.41) is 0. The van der Waals surface area contributed by atoms with Crippen molar-refractivity contribution in [2.75, 3.05) is 13.7 Å². The van der Waals surface area contributed by atoms with Crippen molar-refractivity contribution in [3.63, 3.8) is 0 Å². The molecule has 0 aliphatic rings. The number of rotatable bonds is 7. The largest absolute Gasteiger partial charge is 0.494 e. The Morgan fingerprint density at radius 1 is 1.24 bits per heavy atom. The van der Waals surface area contributed by atoms with E-state index in [1.54, 1.807) is 7.11 Å². The van der Waals surface area contributed by atoms with E-state index in [9.17, 15) is 0 Å². The summed E-state index contributed by atoms with van der Waals surface area (Å²) in [6.45, 7) is 4.75. The standard InChI is InChI=1S/C14H23NO2/c1-4-8-13(16-3)14(15)11-9-6-7-10-12(11)17-5-2/h6-7,9-10,13-14H,4-5,8,15H2,1-3H3. The van der Waals surface area contributed by atoms with Crippen LogP contribution in [0.2, 0.25) is 0 Å². The van der Waals surface area contributed by atoms with Gasteiger partial charge in [0.2, 0.25) is 0 Å². The predicted molar refractivity (Wildman–Crippen MR) is 70.2 cm³/mol. The van der Waals surface area contributed by atoms with Crippen LogP contribution in [0.5, 0.6) is 5.75 Å². The zero-order valence-corrected chi connectivity index (χ0v) is 11.0. The molecule has 0 amide bonds. The number of methoxy groups -OCH3 is 1. The highest BCUT2D eigenvalue weighted by Gasteiger charge is 2.21. The SMILES string of the molecule is CCCC(OC)C(N)c1ccccc1OCC. The quantitative estimate of drug-likeness (QED) is 0.793. The van der Waals surface area contributed by atoms with Crippen LogP contribution in [0.4, 0.5) is 0 Å². The monoisotopic (exact) mass is 237 g/mol. The maximum absolute atomic E-state index is 6.26. The first-order chi connectivity index (χ1) is 8.24. The van der Waals surface area contributed by atoms with Crippen molar-refractivity contribution in [2.45, 2.75) is 38.8 Å². The molecule has 2 unspecified atom stereocenters. The van der Waals surface area contributed by atoms with Crippen LogP contribution in [0, 0.1) is 0 Å². The molecule has 0 fully saturated rings. The lowest BCUT2D eigenvalue weighted by Gasteiger charge is -2.24. The van der Waals surface area contributed by atoms with Gasteiger partial charge in [-0.25, -0.2) is 0 Å². The maximum Gasteiger partial charge on any atom is 0.124 e. The zero-order chi connectivity index (χ0) is 12.7. The van der Waals surface area contributed by atoms with E-state index in [1.165, 1.54) is 0 Å². The van der Waals surface area contributed by atoms with Crippen LogP contribution in [-0.2, 0) is 4.74 Å². The second kappa shape index (κ2) is 7.30. The van der Waals surface area contributed by atoms with Crippen LogP contribution in [0.15, 0.2) is 24.3 Å². The molecule has 0 aliphatic carbocycles. The molecule has 2 N–H and O–H groups in total. The summed E-state index contributed by atoms with van der Waals surface area (Å²) in [5.74, 6) is 0.862. The van der Waals surface area contributed by atoms with Crippen LogP contribution in [0.3, 0.4) is 0 Å². The van der Waals surface area contributed by atoms with Gasteiger partial charge in [0.25, 0.3) is 0 Å². The summed E-state index contributed by atoms with van der Waals surface area (Å²) in [7, 11) is 1.71. The summed E-state index contributed by atoms with van der Waals surface area (Å²) in [4.78, 5) is 0. The van der Waals surface area contributed by atoms with Gasteiger partial charge in [0.15, 0.2) is 0 Å². The van der Waals surface area contributed by atoms with Gasteiger partial charge in [-0.2, -0.15) is 0 Å². The molecular formula is C14H23NO2. The first-order valence-corrected chi connectivity index (χ1v) is 6.24. The Bertz CT molecular complexity index is 328. The Balaban J connectivity index is 2.89. The lowest BCUT2D eigenvalue weighted by Crippen LogP contribution is -2.28. The van der Waals surface area contributed by atoms with Crippen LogP contribution < -0.4 is 10.5 Å². The van der Waals surface area contributed by atoms with Gasteiger partial charge in [-0.15, -0.1) is 0 Å². The van der Waals surface area contributed by atoms with Crippen molar-refractivity contribution in [3.05, 3.63) is 29.8 Å². The summed E-state index contributed by atoms with van der Waals surface area (Å²) < 4.78 is 11.1. The number of nitrogens with two attached hydrogens (primary N) is 1. The average molecular weight is 237 g/mol. The van der Waals surface area contributed by atoms with Crippen LogP contribution >= 0.6 is 0 Å². The first kappa shape index (κ1) is 14.0. The number of benzene rings is 1. The van der Waals surface area contributed by atoms with E-state index in [0.29, 0.717) is 6.61 Å². The molecule has 0 radical (unpaired) electrons. The fourth-order valence-electron chi connectivity index (χ4n) is 1.97. The first-order valence-electron chi connectivity index (χ1n) is 6.24. The number of hydrogen-bond donors (Lipinski definition) is 1. The van der Waals surface area contributed by atoms with E-state index in [2.05, 4.69) is 6.92 Å². The molecule has 2 atom stereocenters. The molecule has 0 saturated carbocycles. The molecule has 17 heavy (non-hydrogen) atoms. The van der Waals surface area contributed by atoms with Crippen LogP contribution in [0.25, 0.3) is 0 Å². The minimum atomic E-state index is -0.136. The fourth-order valence-corrected chi connectivity index (χ4v) is 1.97. The van der Waals surface area contributed by atoms with Crippen molar-refractivity contribution < 1.29 is 9.47 Å². The number of hydrogen-bond acceptors (Lipinski definition) is 3. The molecule has 0 spiro atoms. The van der Waals surface area contributed by atoms with Gasteiger partial charge in [-0.3, -0.25) is 0 Å². The van der Waals surface area contributed by atoms with Crippen LogP contribution in [0.1, 0.15) is 38.3 Å². The molecule has 0 heterocycles. The third-order valence-corrected chi connectivity index (χ3v) is 2.85. The number of ether oxygens (including phenoxy) is 2. The van der Waals surface area contributed by atoms with Gasteiger partial charge >= 0.3 is 0 Å². The van der Waals surface area contributed by atoms with Crippen molar-refractivity contribution in [3.8, 4) is 5.75 Å². The summed E-state index contributed by atoms with van der Waals surface area (Å²) >= 11 is 0. The molecule has 1 aromatic carbocycles. The van der Waals surface area contributed by atoms with Gasteiger partial charge in [-0.05, 0) is 19.4 Å². The van der Waals surface area contributed by atoms with Crippen molar-refractivity contribution in [1.82, 2.24) is 0 Å². The normalized spacial score (nSPS) is 14.4. The van der Waals surface area contributed by atoms with Crippen molar-refractivity contribution in [1.29, 1.82) is 0 Å². The average Bonchev–Trinajstić information content (AvgIpc) is 2.36. The van der Waals surface area contributed by atoms with Gasteiger partial charge in [0, 0.05) is 12.7 Å². The van der Waals surface area contributed by atoms with Crippen molar-refractivity contribution >= 4 is 0 Å². The Morgan fingerprint density at radius 3 is 2.53 bits per heavy atom. The molecule has 0 aliphatic heterocycles. The lowest BCUT2D eigenvalue weighted by atomic mass is 9.98. The van der Waals surface area contributed by atoms with E-state index in [0.717, 1.165) is 24.2 Å². The Hall–Kier alpha value is -1.06. The Labute approximate surface area is 104 Å². The molecule has 3 nitrogen and oxygen atoms in total. The topological polar surface area (TPSA) is 44.5 Å². The van der Waals surface area contributed by atoms with Gasteiger partial charge < -0.3 is 15.2 Å². The molecule has 0 saturated heterocycles. The predicted octanol–water partition coefficient (Wildman–Crippen LogP) is 2.90.